The zero-order chi connectivity index (χ0) is 18.5. The summed E-state index contributed by atoms with van der Waals surface area (Å²) < 4.78 is 0. The molecular formula is C26H36. The highest BCUT2D eigenvalue weighted by Gasteiger charge is 2.24. The van der Waals surface area contributed by atoms with E-state index in [0.717, 1.165) is 18.3 Å². The van der Waals surface area contributed by atoms with Crippen molar-refractivity contribution in [2.24, 2.45) is 5.92 Å². The van der Waals surface area contributed by atoms with Crippen molar-refractivity contribution in [3.05, 3.63) is 69.8 Å². The Hall–Kier alpha value is -1.56. The third kappa shape index (κ3) is 4.58. The second-order valence-corrected chi connectivity index (χ2v) is 8.44. The molecule has 140 valence electrons. The van der Waals surface area contributed by atoms with E-state index >= 15 is 0 Å². The summed E-state index contributed by atoms with van der Waals surface area (Å²) in [6, 6.07) is 14.4. The van der Waals surface area contributed by atoms with Gasteiger partial charge >= 0.3 is 0 Å². The van der Waals surface area contributed by atoms with E-state index in [-0.39, 0.29) is 0 Å². The Balaban J connectivity index is 1.52. The van der Waals surface area contributed by atoms with E-state index in [4.69, 9.17) is 0 Å². The molecule has 0 radical (unpaired) electrons. The van der Waals surface area contributed by atoms with Gasteiger partial charge in [-0.15, -0.1) is 0 Å². The molecular weight excluding hydrogens is 312 g/mol. The molecule has 0 heteroatoms. The predicted molar refractivity (Wildman–Crippen MR) is 114 cm³/mol. The molecule has 0 spiro atoms. The van der Waals surface area contributed by atoms with Crippen molar-refractivity contribution in [3.8, 4) is 0 Å². The standard InChI is InChI=1S/C26H36/c1-5-21-10-15-25(18-21)24-13-11-22(12-14-24)8-7-9-23-16-19(3)26(6-2)20(4)17-23/h11-14,16-17,21,25H,5-10,15,18H2,1-4H3. The van der Waals surface area contributed by atoms with Gasteiger partial charge in [-0.25, -0.2) is 0 Å². The van der Waals surface area contributed by atoms with Crippen LogP contribution in [0.1, 0.15) is 85.3 Å². The first-order chi connectivity index (χ1) is 12.6. The Morgan fingerprint density at radius 3 is 2.08 bits per heavy atom. The zero-order valence-corrected chi connectivity index (χ0v) is 17.3. The summed E-state index contributed by atoms with van der Waals surface area (Å²) in [7, 11) is 0. The number of rotatable bonds is 7. The van der Waals surface area contributed by atoms with Crippen LogP contribution in [0, 0.1) is 19.8 Å². The summed E-state index contributed by atoms with van der Waals surface area (Å²) >= 11 is 0. The first-order valence-corrected chi connectivity index (χ1v) is 10.8. The highest BCUT2D eigenvalue weighted by atomic mass is 14.3. The van der Waals surface area contributed by atoms with Crippen LogP contribution in [-0.2, 0) is 19.3 Å². The molecule has 3 rings (SSSR count). The molecule has 1 aliphatic carbocycles. The highest BCUT2D eigenvalue weighted by Crippen LogP contribution is 2.39. The first kappa shape index (κ1) is 19.2. The van der Waals surface area contributed by atoms with Crippen molar-refractivity contribution in [2.45, 2.75) is 85.0 Å². The van der Waals surface area contributed by atoms with Gasteiger partial charge in [-0.05, 0) is 104 Å². The fourth-order valence-electron chi connectivity index (χ4n) is 4.99. The quantitative estimate of drug-likeness (QED) is 0.491. The lowest BCUT2D eigenvalue weighted by Crippen LogP contribution is -1.97. The van der Waals surface area contributed by atoms with Gasteiger partial charge in [0.05, 0.1) is 0 Å². The van der Waals surface area contributed by atoms with Gasteiger partial charge in [0.25, 0.3) is 0 Å². The minimum atomic E-state index is 0.817. The maximum Gasteiger partial charge on any atom is -0.0159 e. The molecule has 2 unspecified atom stereocenters. The van der Waals surface area contributed by atoms with Gasteiger partial charge in [0, 0.05) is 0 Å². The smallest absolute Gasteiger partial charge is 0.0159 e. The fourth-order valence-corrected chi connectivity index (χ4v) is 4.99. The minimum absolute atomic E-state index is 0.817. The largest absolute Gasteiger partial charge is 0.0651 e. The number of aryl methyl sites for hydroxylation is 4. The third-order valence-electron chi connectivity index (χ3n) is 6.61. The van der Waals surface area contributed by atoms with E-state index in [1.807, 2.05) is 0 Å². The van der Waals surface area contributed by atoms with E-state index in [0.29, 0.717) is 0 Å². The van der Waals surface area contributed by atoms with Crippen LogP contribution in [0.2, 0.25) is 0 Å². The van der Waals surface area contributed by atoms with Crippen LogP contribution < -0.4 is 0 Å². The summed E-state index contributed by atoms with van der Waals surface area (Å²) in [6.45, 7) is 9.13. The van der Waals surface area contributed by atoms with E-state index in [9.17, 15) is 0 Å². The molecule has 0 aliphatic heterocycles. The topological polar surface area (TPSA) is 0 Å². The summed E-state index contributed by atoms with van der Waals surface area (Å²) in [5.41, 5.74) is 9.04. The molecule has 2 aromatic carbocycles. The van der Waals surface area contributed by atoms with Crippen molar-refractivity contribution >= 4 is 0 Å². The van der Waals surface area contributed by atoms with E-state index in [2.05, 4.69) is 64.1 Å². The van der Waals surface area contributed by atoms with Gasteiger partial charge in [0.2, 0.25) is 0 Å². The molecule has 0 aromatic heterocycles. The van der Waals surface area contributed by atoms with Crippen LogP contribution in [0.3, 0.4) is 0 Å². The van der Waals surface area contributed by atoms with Crippen molar-refractivity contribution in [1.82, 2.24) is 0 Å². The molecule has 0 N–H and O–H groups in total. The van der Waals surface area contributed by atoms with Gasteiger partial charge in [-0.3, -0.25) is 0 Å². The molecule has 0 saturated heterocycles. The first-order valence-electron chi connectivity index (χ1n) is 10.8. The monoisotopic (exact) mass is 348 g/mol. The molecule has 26 heavy (non-hydrogen) atoms. The molecule has 0 bridgehead atoms. The highest BCUT2D eigenvalue weighted by molar-refractivity contribution is 5.38. The molecule has 0 amide bonds. The van der Waals surface area contributed by atoms with Gasteiger partial charge in [0.1, 0.15) is 0 Å². The zero-order valence-electron chi connectivity index (χ0n) is 17.3. The van der Waals surface area contributed by atoms with Gasteiger partial charge in [-0.2, -0.15) is 0 Å². The lowest BCUT2D eigenvalue weighted by Gasteiger charge is -2.12. The van der Waals surface area contributed by atoms with Crippen LogP contribution in [-0.4, -0.2) is 0 Å². The Bertz CT molecular complexity index is 684. The lowest BCUT2D eigenvalue weighted by atomic mass is 9.93. The maximum atomic E-state index is 2.41. The molecule has 1 fully saturated rings. The number of hydrogen-bond acceptors (Lipinski definition) is 0. The van der Waals surface area contributed by atoms with Crippen LogP contribution in [0.4, 0.5) is 0 Å². The Kier molecular flexibility index (Phi) is 6.57. The number of hydrogen-bond donors (Lipinski definition) is 0. The molecule has 2 aromatic rings. The van der Waals surface area contributed by atoms with Crippen molar-refractivity contribution in [3.63, 3.8) is 0 Å². The Morgan fingerprint density at radius 2 is 1.50 bits per heavy atom. The Morgan fingerprint density at radius 1 is 0.846 bits per heavy atom. The van der Waals surface area contributed by atoms with Gasteiger partial charge in [0.15, 0.2) is 0 Å². The Labute approximate surface area is 161 Å². The van der Waals surface area contributed by atoms with Crippen molar-refractivity contribution < 1.29 is 0 Å². The average molecular weight is 349 g/mol. The van der Waals surface area contributed by atoms with Crippen LogP contribution in [0.15, 0.2) is 36.4 Å². The third-order valence-corrected chi connectivity index (χ3v) is 6.61. The summed E-state index contributed by atoms with van der Waals surface area (Å²) in [4.78, 5) is 0. The molecule has 2 atom stereocenters. The maximum absolute atomic E-state index is 2.41. The average Bonchev–Trinajstić information content (AvgIpc) is 3.11. The van der Waals surface area contributed by atoms with E-state index in [1.54, 1.807) is 5.56 Å². The van der Waals surface area contributed by atoms with Crippen LogP contribution >= 0.6 is 0 Å². The van der Waals surface area contributed by atoms with Crippen LogP contribution in [0.25, 0.3) is 0 Å². The van der Waals surface area contributed by atoms with Crippen molar-refractivity contribution in [2.75, 3.05) is 0 Å². The lowest BCUT2D eigenvalue weighted by molar-refractivity contribution is 0.521. The van der Waals surface area contributed by atoms with E-state index in [1.165, 1.54) is 72.8 Å². The number of benzene rings is 2. The minimum Gasteiger partial charge on any atom is -0.0651 e. The van der Waals surface area contributed by atoms with Gasteiger partial charge in [-0.1, -0.05) is 56.7 Å². The summed E-state index contributed by atoms with van der Waals surface area (Å²) in [5, 5.41) is 0. The molecule has 0 nitrogen and oxygen atoms in total. The van der Waals surface area contributed by atoms with Crippen LogP contribution in [0.5, 0.6) is 0 Å². The molecule has 1 saturated carbocycles. The normalized spacial score (nSPS) is 19.8. The predicted octanol–water partition coefficient (Wildman–Crippen LogP) is 7.33. The summed E-state index contributed by atoms with van der Waals surface area (Å²) in [5.74, 6) is 1.78. The fraction of sp³-hybridized carbons (Fsp3) is 0.538. The second-order valence-electron chi connectivity index (χ2n) is 8.44. The summed E-state index contributed by atoms with van der Waals surface area (Å²) in [6.07, 6.45) is 10.3. The van der Waals surface area contributed by atoms with E-state index < -0.39 is 0 Å². The van der Waals surface area contributed by atoms with Gasteiger partial charge < -0.3 is 0 Å². The van der Waals surface area contributed by atoms with Crippen molar-refractivity contribution in [1.29, 1.82) is 0 Å². The molecule has 0 heterocycles. The second kappa shape index (κ2) is 8.89. The SMILES string of the molecule is CCc1c(C)cc(CCCc2ccc(C3CCC(CC)C3)cc2)cc1C. The molecule has 1 aliphatic rings.